The van der Waals surface area contributed by atoms with E-state index in [9.17, 15) is 8.78 Å². The van der Waals surface area contributed by atoms with Gasteiger partial charge in [-0.05, 0) is 37.1 Å². The quantitative estimate of drug-likeness (QED) is 0.666. The van der Waals surface area contributed by atoms with E-state index in [0.29, 0.717) is 0 Å². The Hall–Kier alpha value is -1.12. The zero-order valence-corrected chi connectivity index (χ0v) is 6.97. The smallest absolute Gasteiger partial charge is 0.387 e. The van der Waals surface area contributed by atoms with Crippen LogP contribution in [0.1, 0.15) is 11.1 Å². The van der Waals surface area contributed by atoms with Crippen molar-refractivity contribution < 1.29 is 13.5 Å². The van der Waals surface area contributed by atoms with Crippen LogP contribution in [0.25, 0.3) is 0 Å². The van der Waals surface area contributed by atoms with Gasteiger partial charge in [0.2, 0.25) is 0 Å². The molecule has 0 aliphatic carbocycles. The summed E-state index contributed by atoms with van der Waals surface area (Å²) in [5.41, 5.74) is 1.84. The van der Waals surface area contributed by atoms with E-state index < -0.39 is 6.61 Å². The lowest BCUT2D eigenvalue weighted by molar-refractivity contribution is -0.0498. The van der Waals surface area contributed by atoms with Crippen LogP contribution in [0.3, 0.4) is 0 Å². The summed E-state index contributed by atoms with van der Waals surface area (Å²) >= 11 is 0. The monoisotopic (exact) mass is 172 g/mol. The van der Waals surface area contributed by atoms with Crippen molar-refractivity contribution in [2.45, 2.75) is 20.5 Å². The van der Waals surface area contributed by atoms with Gasteiger partial charge >= 0.3 is 6.61 Å². The summed E-state index contributed by atoms with van der Waals surface area (Å²) in [6.45, 7) is 0.933. The van der Waals surface area contributed by atoms with Crippen LogP contribution in [0.2, 0.25) is 0 Å². The maximum absolute atomic E-state index is 11.8. The van der Waals surface area contributed by atoms with Crippen LogP contribution in [0.4, 0.5) is 8.78 Å². The van der Waals surface area contributed by atoms with E-state index in [1.807, 2.05) is 19.9 Å². The first-order chi connectivity index (χ1) is 5.58. The highest BCUT2D eigenvalue weighted by Gasteiger charge is 2.04. The molecule has 3 heteroatoms. The summed E-state index contributed by atoms with van der Waals surface area (Å²) in [6.07, 6.45) is 0. The second kappa shape index (κ2) is 3.52. The minimum absolute atomic E-state index is 0.225. The summed E-state index contributed by atoms with van der Waals surface area (Å²) in [5.74, 6) is 0.225. The molecule has 0 bridgehead atoms. The summed E-state index contributed by atoms with van der Waals surface area (Å²) in [7, 11) is 0. The number of alkyl halides is 2. The number of benzene rings is 1. The molecule has 0 spiro atoms. The minimum Gasteiger partial charge on any atom is -0.435 e. The molecule has 0 radical (unpaired) electrons. The number of halogens is 2. The van der Waals surface area contributed by atoms with E-state index in [0.717, 1.165) is 11.1 Å². The third-order valence-electron chi connectivity index (χ3n) is 1.42. The molecule has 1 rings (SSSR count). The Kier molecular flexibility index (Phi) is 2.63. The van der Waals surface area contributed by atoms with E-state index in [1.54, 1.807) is 12.1 Å². The molecule has 0 aliphatic heterocycles. The summed E-state index contributed by atoms with van der Waals surface area (Å²) in [5, 5.41) is 0. The molecule has 0 unspecified atom stereocenters. The topological polar surface area (TPSA) is 9.23 Å². The Labute approximate surface area is 70.0 Å². The van der Waals surface area contributed by atoms with E-state index in [1.165, 1.54) is 0 Å². The summed E-state index contributed by atoms with van der Waals surface area (Å²) in [6, 6.07) is 5.07. The minimum atomic E-state index is -2.74. The molecule has 12 heavy (non-hydrogen) atoms. The SMILES string of the molecule is Cc1cc(C)cc(OC(F)F)c1. The van der Waals surface area contributed by atoms with Gasteiger partial charge in [-0.1, -0.05) is 6.07 Å². The fourth-order valence-electron chi connectivity index (χ4n) is 1.10. The molecule has 0 N–H and O–H groups in total. The molecule has 0 saturated carbocycles. The Balaban J connectivity index is 2.85. The molecule has 66 valence electrons. The van der Waals surface area contributed by atoms with Crippen molar-refractivity contribution in [2.75, 3.05) is 0 Å². The van der Waals surface area contributed by atoms with Crippen LogP contribution in [0.5, 0.6) is 5.75 Å². The normalized spacial score (nSPS) is 10.4. The van der Waals surface area contributed by atoms with Crippen molar-refractivity contribution in [3.8, 4) is 5.75 Å². The largest absolute Gasteiger partial charge is 0.435 e. The number of rotatable bonds is 2. The van der Waals surface area contributed by atoms with Gasteiger partial charge in [0.25, 0.3) is 0 Å². The fourth-order valence-corrected chi connectivity index (χ4v) is 1.10. The van der Waals surface area contributed by atoms with Crippen molar-refractivity contribution in [1.29, 1.82) is 0 Å². The Morgan fingerprint density at radius 3 is 2.00 bits per heavy atom. The van der Waals surface area contributed by atoms with Gasteiger partial charge in [-0.2, -0.15) is 8.78 Å². The molecule has 1 nitrogen and oxygen atoms in total. The standard InChI is InChI=1S/C9H10F2O/c1-6-3-7(2)5-8(4-6)12-9(10)11/h3-5,9H,1-2H3. The third-order valence-corrected chi connectivity index (χ3v) is 1.42. The van der Waals surface area contributed by atoms with Crippen molar-refractivity contribution in [2.24, 2.45) is 0 Å². The lowest BCUT2D eigenvalue weighted by Crippen LogP contribution is -2.02. The van der Waals surface area contributed by atoms with Crippen molar-refractivity contribution in [3.63, 3.8) is 0 Å². The van der Waals surface area contributed by atoms with Gasteiger partial charge in [0.1, 0.15) is 5.75 Å². The Morgan fingerprint density at radius 2 is 1.58 bits per heavy atom. The van der Waals surface area contributed by atoms with Gasteiger partial charge < -0.3 is 4.74 Å². The predicted octanol–water partition coefficient (Wildman–Crippen LogP) is 2.90. The number of aryl methyl sites for hydroxylation is 2. The van der Waals surface area contributed by atoms with Crippen molar-refractivity contribution in [3.05, 3.63) is 29.3 Å². The van der Waals surface area contributed by atoms with Crippen LogP contribution < -0.4 is 4.74 Å². The van der Waals surface area contributed by atoms with Crippen molar-refractivity contribution >= 4 is 0 Å². The molecule has 0 amide bonds. The summed E-state index contributed by atoms with van der Waals surface area (Å²) < 4.78 is 27.8. The highest BCUT2D eigenvalue weighted by molar-refractivity contribution is 5.32. The number of ether oxygens (including phenoxy) is 1. The fraction of sp³-hybridized carbons (Fsp3) is 0.333. The van der Waals surface area contributed by atoms with Gasteiger partial charge in [-0.15, -0.1) is 0 Å². The van der Waals surface area contributed by atoms with E-state index in [-0.39, 0.29) is 5.75 Å². The molecule has 0 saturated heterocycles. The Bertz CT molecular complexity index is 251. The average Bonchev–Trinajstić information content (AvgIpc) is 1.81. The zero-order chi connectivity index (χ0) is 9.14. The van der Waals surface area contributed by atoms with Gasteiger partial charge in [-0.25, -0.2) is 0 Å². The maximum atomic E-state index is 11.8. The molecule has 1 aromatic carbocycles. The maximum Gasteiger partial charge on any atom is 0.387 e. The van der Waals surface area contributed by atoms with E-state index in [2.05, 4.69) is 4.74 Å². The van der Waals surface area contributed by atoms with E-state index in [4.69, 9.17) is 0 Å². The van der Waals surface area contributed by atoms with Gasteiger partial charge in [-0.3, -0.25) is 0 Å². The number of hydrogen-bond acceptors (Lipinski definition) is 1. The Morgan fingerprint density at radius 1 is 1.08 bits per heavy atom. The zero-order valence-electron chi connectivity index (χ0n) is 6.97. The second-order valence-electron chi connectivity index (χ2n) is 2.70. The van der Waals surface area contributed by atoms with Crippen molar-refractivity contribution in [1.82, 2.24) is 0 Å². The first-order valence-electron chi connectivity index (χ1n) is 3.61. The molecule has 1 aromatic rings. The van der Waals surface area contributed by atoms with Gasteiger partial charge in [0.05, 0.1) is 0 Å². The van der Waals surface area contributed by atoms with Crippen LogP contribution in [0.15, 0.2) is 18.2 Å². The molecule has 0 aliphatic rings. The van der Waals surface area contributed by atoms with Gasteiger partial charge in [0, 0.05) is 0 Å². The second-order valence-corrected chi connectivity index (χ2v) is 2.70. The van der Waals surface area contributed by atoms with Crippen LogP contribution >= 0.6 is 0 Å². The molecule has 0 aromatic heterocycles. The van der Waals surface area contributed by atoms with Crippen LogP contribution in [0, 0.1) is 13.8 Å². The van der Waals surface area contributed by atoms with Gasteiger partial charge in [0.15, 0.2) is 0 Å². The molecule has 0 fully saturated rings. The van der Waals surface area contributed by atoms with Crippen LogP contribution in [-0.4, -0.2) is 6.61 Å². The van der Waals surface area contributed by atoms with Crippen LogP contribution in [-0.2, 0) is 0 Å². The first kappa shape index (κ1) is 8.97. The summed E-state index contributed by atoms with van der Waals surface area (Å²) in [4.78, 5) is 0. The first-order valence-corrected chi connectivity index (χ1v) is 3.61. The predicted molar refractivity (Wildman–Crippen MR) is 42.5 cm³/mol. The molecular weight excluding hydrogens is 162 g/mol. The lowest BCUT2D eigenvalue weighted by Gasteiger charge is -2.05. The molecular formula is C9H10F2O. The molecule has 0 heterocycles. The highest BCUT2D eigenvalue weighted by Crippen LogP contribution is 2.17. The molecule has 0 atom stereocenters. The average molecular weight is 172 g/mol. The lowest BCUT2D eigenvalue weighted by atomic mass is 10.1. The third kappa shape index (κ3) is 2.49. The number of hydrogen-bond donors (Lipinski definition) is 0. The highest BCUT2D eigenvalue weighted by atomic mass is 19.3. The van der Waals surface area contributed by atoms with E-state index >= 15 is 0 Å².